The molecule has 0 amide bonds. The molecule has 0 heterocycles. The molecule has 1 aromatic rings. The smallest absolute Gasteiger partial charge is 0.00226 e. The summed E-state index contributed by atoms with van der Waals surface area (Å²) in [6.45, 7) is 11.8. The van der Waals surface area contributed by atoms with Gasteiger partial charge in [0.1, 0.15) is 0 Å². The lowest BCUT2D eigenvalue weighted by molar-refractivity contribution is 0.376. The van der Waals surface area contributed by atoms with Gasteiger partial charge < -0.3 is 5.73 Å². The molecule has 0 radical (unpaired) electrons. The first-order valence-corrected chi connectivity index (χ1v) is 5.63. The molecule has 0 aliphatic heterocycles. The van der Waals surface area contributed by atoms with Crippen molar-refractivity contribution in [3.8, 4) is 0 Å². The van der Waals surface area contributed by atoms with Gasteiger partial charge in [-0.3, -0.25) is 0 Å². The molecule has 0 saturated carbocycles. The van der Waals surface area contributed by atoms with E-state index < -0.39 is 0 Å². The SMILES string of the molecule is Cc1ccc(CC(C)(C)CN)c(C)c1C. The van der Waals surface area contributed by atoms with Gasteiger partial charge in [-0.1, -0.05) is 26.0 Å². The fourth-order valence-corrected chi connectivity index (χ4v) is 1.79. The van der Waals surface area contributed by atoms with Crippen molar-refractivity contribution in [2.75, 3.05) is 6.54 Å². The van der Waals surface area contributed by atoms with Crippen molar-refractivity contribution < 1.29 is 0 Å². The Morgan fingerprint density at radius 2 is 1.67 bits per heavy atom. The van der Waals surface area contributed by atoms with E-state index in [9.17, 15) is 0 Å². The van der Waals surface area contributed by atoms with Crippen LogP contribution in [0.3, 0.4) is 0 Å². The summed E-state index contributed by atoms with van der Waals surface area (Å²) in [5, 5.41) is 0. The van der Waals surface area contributed by atoms with Crippen molar-refractivity contribution >= 4 is 0 Å². The molecule has 1 aromatic carbocycles. The molecular weight excluding hydrogens is 182 g/mol. The van der Waals surface area contributed by atoms with Crippen molar-refractivity contribution in [2.24, 2.45) is 11.1 Å². The number of hydrogen-bond donors (Lipinski definition) is 1. The van der Waals surface area contributed by atoms with Crippen LogP contribution in [0.5, 0.6) is 0 Å². The van der Waals surface area contributed by atoms with E-state index in [1.54, 1.807) is 0 Å². The van der Waals surface area contributed by atoms with Crippen LogP contribution in [0.15, 0.2) is 12.1 Å². The third-order valence-electron chi connectivity index (χ3n) is 3.39. The molecule has 2 N–H and O–H groups in total. The highest BCUT2D eigenvalue weighted by Gasteiger charge is 2.17. The van der Waals surface area contributed by atoms with Crippen LogP contribution in [0.25, 0.3) is 0 Å². The molecule has 0 fully saturated rings. The summed E-state index contributed by atoms with van der Waals surface area (Å²) in [6.07, 6.45) is 1.07. The normalized spacial score (nSPS) is 11.9. The molecule has 1 heteroatoms. The third kappa shape index (κ3) is 2.82. The van der Waals surface area contributed by atoms with Crippen LogP contribution < -0.4 is 5.73 Å². The molecule has 0 bridgehead atoms. The van der Waals surface area contributed by atoms with E-state index in [4.69, 9.17) is 5.73 Å². The highest BCUT2D eigenvalue weighted by atomic mass is 14.6. The molecule has 0 spiro atoms. The highest BCUT2D eigenvalue weighted by molar-refractivity contribution is 5.39. The van der Waals surface area contributed by atoms with Crippen molar-refractivity contribution in [1.82, 2.24) is 0 Å². The molecule has 1 nitrogen and oxygen atoms in total. The van der Waals surface area contributed by atoms with Gasteiger partial charge in [-0.15, -0.1) is 0 Å². The van der Waals surface area contributed by atoms with Gasteiger partial charge in [0.2, 0.25) is 0 Å². The monoisotopic (exact) mass is 205 g/mol. The van der Waals surface area contributed by atoms with E-state index >= 15 is 0 Å². The van der Waals surface area contributed by atoms with Gasteiger partial charge in [0.25, 0.3) is 0 Å². The molecule has 0 aromatic heterocycles. The molecule has 0 aliphatic rings. The minimum Gasteiger partial charge on any atom is -0.330 e. The number of aryl methyl sites for hydroxylation is 1. The van der Waals surface area contributed by atoms with E-state index in [2.05, 4.69) is 46.8 Å². The highest BCUT2D eigenvalue weighted by Crippen LogP contribution is 2.25. The molecule has 1 rings (SSSR count). The lowest BCUT2D eigenvalue weighted by atomic mass is 9.83. The van der Waals surface area contributed by atoms with Crippen LogP contribution in [-0.4, -0.2) is 6.54 Å². The van der Waals surface area contributed by atoms with Crippen LogP contribution >= 0.6 is 0 Å². The predicted molar refractivity (Wildman–Crippen MR) is 67.2 cm³/mol. The average Bonchev–Trinajstić information content (AvgIpc) is 2.19. The van der Waals surface area contributed by atoms with Crippen molar-refractivity contribution in [3.05, 3.63) is 34.4 Å². The van der Waals surface area contributed by atoms with E-state index in [1.165, 1.54) is 22.3 Å². The predicted octanol–water partition coefficient (Wildman–Crippen LogP) is 3.14. The first kappa shape index (κ1) is 12.3. The summed E-state index contributed by atoms with van der Waals surface area (Å²) in [5.41, 5.74) is 11.6. The van der Waals surface area contributed by atoms with Gasteiger partial charge in [0.15, 0.2) is 0 Å². The number of hydrogen-bond acceptors (Lipinski definition) is 1. The zero-order valence-electron chi connectivity index (χ0n) is 10.6. The van der Waals surface area contributed by atoms with Crippen LogP contribution in [0.2, 0.25) is 0 Å². The maximum absolute atomic E-state index is 5.77. The Balaban J connectivity index is 3.02. The van der Waals surface area contributed by atoms with Gasteiger partial charge in [0.05, 0.1) is 0 Å². The third-order valence-corrected chi connectivity index (χ3v) is 3.39. The van der Waals surface area contributed by atoms with Gasteiger partial charge in [-0.2, -0.15) is 0 Å². The van der Waals surface area contributed by atoms with Crippen LogP contribution in [-0.2, 0) is 6.42 Å². The lowest BCUT2D eigenvalue weighted by Gasteiger charge is -2.24. The maximum Gasteiger partial charge on any atom is -0.00226 e. The molecule has 0 saturated heterocycles. The number of rotatable bonds is 3. The standard InChI is InChI=1S/C14H23N/c1-10-6-7-13(12(3)11(10)2)8-14(4,5)9-15/h6-7H,8-9,15H2,1-5H3. The first-order chi connectivity index (χ1) is 6.87. The van der Waals surface area contributed by atoms with Gasteiger partial charge in [-0.25, -0.2) is 0 Å². The second kappa shape index (κ2) is 4.36. The first-order valence-electron chi connectivity index (χ1n) is 5.63. The zero-order valence-corrected chi connectivity index (χ0v) is 10.6. The Morgan fingerprint density at radius 3 is 2.20 bits per heavy atom. The van der Waals surface area contributed by atoms with Crippen LogP contribution in [0.4, 0.5) is 0 Å². The maximum atomic E-state index is 5.77. The molecule has 0 atom stereocenters. The molecule has 84 valence electrons. The second-order valence-corrected chi connectivity index (χ2v) is 5.34. The molecule has 15 heavy (non-hydrogen) atoms. The summed E-state index contributed by atoms with van der Waals surface area (Å²) in [5.74, 6) is 0. The van der Waals surface area contributed by atoms with Crippen LogP contribution in [0.1, 0.15) is 36.1 Å². The molecule has 0 aliphatic carbocycles. The Morgan fingerprint density at radius 1 is 1.07 bits per heavy atom. The van der Waals surface area contributed by atoms with Crippen molar-refractivity contribution in [2.45, 2.75) is 41.0 Å². The van der Waals surface area contributed by atoms with Gasteiger partial charge in [-0.05, 0) is 61.4 Å². The van der Waals surface area contributed by atoms with Crippen LogP contribution in [0, 0.1) is 26.2 Å². The summed E-state index contributed by atoms with van der Waals surface area (Å²) < 4.78 is 0. The molecule has 0 unspecified atom stereocenters. The van der Waals surface area contributed by atoms with E-state index in [0.29, 0.717) is 0 Å². The van der Waals surface area contributed by atoms with Crippen molar-refractivity contribution in [3.63, 3.8) is 0 Å². The molecular formula is C14H23N. The lowest BCUT2D eigenvalue weighted by Crippen LogP contribution is -2.26. The second-order valence-electron chi connectivity index (χ2n) is 5.34. The largest absolute Gasteiger partial charge is 0.330 e. The Bertz CT molecular complexity index is 351. The van der Waals surface area contributed by atoms with Gasteiger partial charge in [0, 0.05) is 0 Å². The minimum atomic E-state index is 0.201. The van der Waals surface area contributed by atoms with Gasteiger partial charge >= 0.3 is 0 Å². The zero-order chi connectivity index (χ0) is 11.6. The average molecular weight is 205 g/mol. The van der Waals surface area contributed by atoms with E-state index in [0.717, 1.165) is 13.0 Å². The van der Waals surface area contributed by atoms with Crippen molar-refractivity contribution in [1.29, 1.82) is 0 Å². The topological polar surface area (TPSA) is 26.0 Å². The minimum absolute atomic E-state index is 0.201. The Hall–Kier alpha value is -0.820. The summed E-state index contributed by atoms with van der Waals surface area (Å²) >= 11 is 0. The summed E-state index contributed by atoms with van der Waals surface area (Å²) in [7, 11) is 0. The summed E-state index contributed by atoms with van der Waals surface area (Å²) in [6, 6.07) is 4.46. The van der Waals surface area contributed by atoms with E-state index in [1.807, 2.05) is 0 Å². The summed E-state index contributed by atoms with van der Waals surface area (Å²) in [4.78, 5) is 0. The quantitative estimate of drug-likeness (QED) is 0.806. The fourth-order valence-electron chi connectivity index (χ4n) is 1.79. The van der Waals surface area contributed by atoms with E-state index in [-0.39, 0.29) is 5.41 Å². The number of benzene rings is 1. The Kier molecular flexibility index (Phi) is 3.56. The Labute approximate surface area is 93.7 Å². The fraction of sp³-hybridized carbons (Fsp3) is 0.571. The number of nitrogens with two attached hydrogens (primary N) is 1.